The Kier molecular flexibility index (Phi) is 4.38. The van der Waals surface area contributed by atoms with Crippen molar-refractivity contribution in [2.45, 2.75) is 37.8 Å². The zero-order valence-electron chi connectivity index (χ0n) is 16.1. The first kappa shape index (κ1) is 18.3. The number of aromatic nitrogens is 2. The van der Waals surface area contributed by atoms with Gasteiger partial charge in [0.2, 0.25) is 5.91 Å². The molecule has 3 aliphatic heterocycles. The summed E-state index contributed by atoms with van der Waals surface area (Å²) in [5.41, 5.74) is 0.169. The summed E-state index contributed by atoms with van der Waals surface area (Å²) in [7, 11) is 0. The van der Waals surface area contributed by atoms with Gasteiger partial charge in [-0.05, 0) is 43.2 Å². The first-order chi connectivity index (χ1) is 14.1. The Hall–Kier alpha value is -2.74. The van der Waals surface area contributed by atoms with Crippen molar-refractivity contribution in [2.75, 3.05) is 19.7 Å². The van der Waals surface area contributed by atoms with Gasteiger partial charge in [0.1, 0.15) is 0 Å². The van der Waals surface area contributed by atoms with Crippen molar-refractivity contribution in [3.63, 3.8) is 0 Å². The third kappa shape index (κ3) is 2.93. The van der Waals surface area contributed by atoms with Gasteiger partial charge in [-0.25, -0.2) is 4.98 Å². The number of carbonyl (C=O) groups excluding carboxylic acids is 2. The van der Waals surface area contributed by atoms with Crippen LogP contribution in [0.4, 0.5) is 0 Å². The number of nitrogens with zero attached hydrogens (tertiary/aromatic N) is 3. The highest BCUT2D eigenvalue weighted by Gasteiger charge is 2.50. The quantitative estimate of drug-likeness (QED) is 0.779. The molecule has 2 bridgehead atoms. The number of fused-ring (bicyclic) bond motifs is 5. The highest BCUT2D eigenvalue weighted by molar-refractivity contribution is 5.92. The molecule has 3 saturated heterocycles. The molecule has 3 fully saturated rings. The lowest BCUT2D eigenvalue weighted by atomic mass is 9.72. The maximum Gasteiger partial charge on any atom is 0.289 e. The molecule has 0 saturated carbocycles. The molecular formula is C21H24N4O4. The van der Waals surface area contributed by atoms with E-state index in [0.29, 0.717) is 30.4 Å². The van der Waals surface area contributed by atoms with Crippen LogP contribution in [0.2, 0.25) is 0 Å². The first-order valence-corrected chi connectivity index (χ1v) is 10.3. The summed E-state index contributed by atoms with van der Waals surface area (Å²) >= 11 is 0. The average molecular weight is 396 g/mol. The maximum atomic E-state index is 13.2. The number of hydrogen-bond acceptors (Lipinski definition) is 5. The standard InChI is InChI=1S/C21H24N4O4/c26-11-17-13-8-12(16-6-3-7-18(27)25(16)17)9-24(10-13)21(29)19-22-15-5-2-1-4-14(15)20(28)23-19/h1-2,4-5,12-13,16-17,26H,3,6-11H2,(H,22,23,28)/t12-,13+,16+,17+/m1/s1. The van der Waals surface area contributed by atoms with E-state index >= 15 is 0 Å². The number of H-pyrrole nitrogens is 1. The predicted molar refractivity (Wildman–Crippen MR) is 105 cm³/mol. The van der Waals surface area contributed by atoms with Crippen molar-refractivity contribution in [1.82, 2.24) is 19.8 Å². The van der Waals surface area contributed by atoms with Crippen LogP contribution < -0.4 is 5.56 Å². The smallest absolute Gasteiger partial charge is 0.289 e. The molecule has 2 amide bonds. The molecule has 29 heavy (non-hydrogen) atoms. The molecular weight excluding hydrogens is 372 g/mol. The number of benzene rings is 1. The molecule has 4 heterocycles. The van der Waals surface area contributed by atoms with Crippen LogP contribution in [0.5, 0.6) is 0 Å². The molecule has 0 aliphatic carbocycles. The maximum absolute atomic E-state index is 13.2. The van der Waals surface area contributed by atoms with Crippen LogP contribution in [-0.2, 0) is 4.79 Å². The summed E-state index contributed by atoms with van der Waals surface area (Å²) in [6.07, 6.45) is 3.21. The average Bonchev–Trinajstić information content (AvgIpc) is 2.74. The number of piperidine rings is 3. The van der Waals surface area contributed by atoms with Crippen LogP contribution in [-0.4, -0.2) is 68.5 Å². The molecule has 5 rings (SSSR count). The van der Waals surface area contributed by atoms with E-state index in [9.17, 15) is 19.5 Å². The van der Waals surface area contributed by atoms with Crippen LogP contribution in [0.25, 0.3) is 10.9 Å². The molecule has 1 aromatic carbocycles. The number of amides is 2. The molecule has 4 atom stereocenters. The van der Waals surface area contributed by atoms with Gasteiger partial charge in [0, 0.05) is 25.6 Å². The third-order valence-electron chi connectivity index (χ3n) is 6.79. The Morgan fingerprint density at radius 1 is 1.21 bits per heavy atom. The molecule has 0 spiro atoms. The minimum Gasteiger partial charge on any atom is -0.394 e. The second-order valence-electron chi connectivity index (χ2n) is 8.41. The number of aliphatic hydroxyl groups is 1. The summed E-state index contributed by atoms with van der Waals surface area (Å²) in [4.78, 5) is 48.7. The Labute approximate surface area is 167 Å². The molecule has 8 heteroatoms. The van der Waals surface area contributed by atoms with E-state index in [1.165, 1.54) is 0 Å². The lowest BCUT2D eigenvalue weighted by molar-refractivity contribution is -0.154. The van der Waals surface area contributed by atoms with Gasteiger partial charge >= 0.3 is 0 Å². The summed E-state index contributed by atoms with van der Waals surface area (Å²) in [5.74, 6) is 0.0982. The van der Waals surface area contributed by atoms with E-state index in [2.05, 4.69) is 9.97 Å². The van der Waals surface area contributed by atoms with Gasteiger partial charge in [-0.1, -0.05) is 12.1 Å². The summed E-state index contributed by atoms with van der Waals surface area (Å²) in [5, 5.41) is 10.5. The summed E-state index contributed by atoms with van der Waals surface area (Å²) < 4.78 is 0. The van der Waals surface area contributed by atoms with E-state index < -0.39 is 0 Å². The monoisotopic (exact) mass is 396 g/mol. The highest BCUT2D eigenvalue weighted by Crippen LogP contribution is 2.41. The zero-order valence-corrected chi connectivity index (χ0v) is 16.1. The molecule has 0 unspecified atom stereocenters. The molecule has 8 nitrogen and oxygen atoms in total. The zero-order chi connectivity index (χ0) is 20.1. The Morgan fingerprint density at radius 3 is 2.83 bits per heavy atom. The molecule has 3 aliphatic rings. The number of para-hydroxylation sites is 1. The predicted octanol–water partition coefficient (Wildman–Crippen LogP) is 0.757. The molecule has 2 N–H and O–H groups in total. The number of carbonyl (C=O) groups is 2. The Bertz CT molecular complexity index is 1020. The minimum absolute atomic E-state index is 0.0354. The van der Waals surface area contributed by atoms with Gasteiger partial charge in [-0.3, -0.25) is 14.4 Å². The SMILES string of the molecule is O=C(c1nc2ccccc2c(=O)[nH]1)N1C[C@H]2C[C@@H](C1)[C@H](CO)N1C(=O)CCC[C@@H]21. The third-order valence-corrected chi connectivity index (χ3v) is 6.79. The van der Waals surface area contributed by atoms with Gasteiger partial charge < -0.3 is 19.9 Å². The normalized spacial score (nSPS) is 29.1. The topological polar surface area (TPSA) is 107 Å². The first-order valence-electron chi connectivity index (χ1n) is 10.3. The molecule has 0 radical (unpaired) electrons. The van der Waals surface area contributed by atoms with Gasteiger partial charge in [-0.2, -0.15) is 0 Å². The van der Waals surface area contributed by atoms with E-state index in [4.69, 9.17) is 0 Å². The van der Waals surface area contributed by atoms with E-state index in [1.54, 1.807) is 29.2 Å². The van der Waals surface area contributed by atoms with Crippen LogP contribution in [0.15, 0.2) is 29.1 Å². The number of rotatable bonds is 2. The van der Waals surface area contributed by atoms with Gasteiger partial charge in [0.15, 0.2) is 5.82 Å². The summed E-state index contributed by atoms with van der Waals surface area (Å²) in [6.45, 7) is 0.902. The van der Waals surface area contributed by atoms with Crippen molar-refractivity contribution in [1.29, 1.82) is 0 Å². The van der Waals surface area contributed by atoms with E-state index in [1.807, 2.05) is 4.90 Å². The second-order valence-corrected chi connectivity index (χ2v) is 8.41. The van der Waals surface area contributed by atoms with Crippen LogP contribution in [0.3, 0.4) is 0 Å². The number of aliphatic hydroxyl groups excluding tert-OH is 1. The van der Waals surface area contributed by atoms with Crippen LogP contribution in [0.1, 0.15) is 36.3 Å². The molecule has 1 aromatic heterocycles. The Balaban J connectivity index is 1.45. The number of aromatic amines is 1. The summed E-state index contributed by atoms with van der Waals surface area (Å²) in [6, 6.07) is 6.78. The van der Waals surface area contributed by atoms with Crippen molar-refractivity contribution in [3.05, 3.63) is 40.4 Å². The van der Waals surface area contributed by atoms with Gasteiger partial charge in [-0.15, -0.1) is 0 Å². The van der Waals surface area contributed by atoms with E-state index in [0.717, 1.165) is 19.3 Å². The fourth-order valence-corrected chi connectivity index (χ4v) is 5.51. The second kappa shape index (κ2) is 6.95. The minimum atomic E-state index is -0.326. The van der Waals surface area contributed by atoms with Crippen LogP contribution in [0, 0.1) is 11.8 Å². The highest BCUT2D eigenvalue weighted by atomic mass is 16.3. The van der Waals surface area contributed by atoms with Crippen LogP contribution >= 0.6 is 0 Å². The Morgan fingerprint density at radius 2 is 2.00 bits per heavy atom. The van der Waals surface area contributed by atoms with Crippen molar-refractivity contribution < 1.29 is 14.7 Å². The number of hydrogen-bond donors (Lipinski definition) is 2. The number of likely N-dealkylation sites (tertiary alicyclic amines) is 1. The van der Waals surface area contributed by atoms with Gasteiger partial charge in [0.05, 0.1) is 23.6 Å². The fraction of sp³-hybridized carbons (Fsp3) is 0.524. The van der Waals surface area contributed by atoms with Crippen molar-refractivity contribution in [2.24, 2.45) is 11.8 Å². The fourth-order valence-electron chi connectivity index (χ4n) is 5.51. The lowest BCUT2D eigenvalue weighted by Crippen LogP contribution is -2.66. The van der Waals surface area contributed by atoms with Gasteiger partial charge in [0.25, 0.3) is 11.5 Å². The van der Waals surface area contributed by atoms with Crippen molar-refractivity contribution >= 4 is 22.7 Å². The van der Waals surface area contributed by atoms with E-state index in [-0.39, 0.29) is 53.7 Å². The van der Waals surface area contributed by atoms with Crippen molar-refractivity contribution in [3.8, 4) is 0 Å². The molecule has 152 valence electrons. The molecule has 2 aromatic rings. The number of nitrogens with one attached hydrogen (secondary N) is 1. The lowest BCUT2D eigenvalue weighted by Gasteiger charge is -2.56. The largest absolute Gasteiger partial charge is 0.394 e.